The van der Waals surface area contributed by atoms with Gasteiger partial charge in [-0.3, -0.25) is 0 Å². The molecule has 0 N–H and O–H groups in total. The average molecular weight is 415 g/mol. The molecular formula is C23H31FN4O2. The lowest BCUT2D eigenvalue weighted by molar-refractivity contribution is -0.117. The van der Waals surface area contributed by atoms with E-state index in [4.69, 9.17) is 4.74 Å². The number of hydrogen-bond donors (Lipinski definition) is 0. The molecule has 0 amide bonds. The summed E-state index contributed by atoms with van der Waals surface area (Å²) in [5.41, 5.74) is 1.12. The molecule has 1 aliphatic heterocycles. The van der Waals surface area contributed by atoms with Crippen LogP contribution in [-0.4, -0.2) is 48.5 Å². The minimum atomic E-state index is -0.409. The number of carbonyl (C=O) groups excluding carboxylic acids is 1. The first-order valence-corrected chi connectivity index (χ1v) is 10.6. The Hall–Kier alpha value is -2.70. The molecule has 6 nitrogen and oxygen atoms in total. The number of ketones is 1. The summed E-state index contributed by atoms with van der Waals surface area (Å²) < 4.78 is 20.5. The van der Waals surface area contributed by atoms with Crippen molar-refractivity contribution in [1.29, 1.82) is 0 Å². The van der Waals surface area contributed by atoms with Gasteiger partial charge >= 0.3 is 0 Å². The molecule has 0 radical (unpaired) electrons. The maximum atomic E-state index is 14.4. The van der Waals surface area contributed by atoms with Crippen LogP contribution in [-0.2, 0) is 4.79 Å². The second kappa shape index (κ2) is 9.87. The lowest BCUT2D eigenvalue weighted by Gasteiger charge is -2.21. The third kappa shape index (κ3) is 5.46. The summed E-state index contributed by atoms with van der Waals surface area (Å²) >= 11 is 0. The molecule has 7 heteroatoms. The van der Waals surface area contributed by atoms with Gasteiger partial charge in [-0.2, -0.15) is 4.98 Å². The molecule has 30 heavy (non-hydrogen) atoms. The van der Waals surface area contributed by atoms with E-state index in [2.05, 4.69) is 23.8 Å². The molecule has 0 bridgehead atoms. The van der Waals surface area contributed by atoms with Crippen LogP contribution in [0.25, 0.3) is 0 Å². The maximum Gasteiger partial charge on any atom is 0.227 e. The van der Waals surface area contributed by atoms with E-state index in [1.807, 2.05) is 41.1 Å². The van der Waals surface area contributed by atoms with Gasteiger partial charge in [0.15, 0.2) is 11.6 Å². The smallest absolute Gasteiger partial charge is 0.227 e. The van der Waals surface area contributed by atoms with Gasteiger partial charge in [-0.25, -0.2) is 9.37 Å². The molecule has 1 saturated heterocycles. The zero-order valence-corrected chi connectivity index (χ0v) is 18.3. The topological polar surface area (TPSA) is 58.6 Å². The van der Waals surface area contributed by atoms with E-state index >= 15 is 0 Å². The van der Waals surface area contributed by atoms with Crippen molar-refractivity contribution >= 4 is 17.5 Å². The fraction of sp³-hybridized carbons (Fsp3) is 0.522. The highest BCUT2D eigenvalue weighted by atomic mass is 19.1. The summed E-state index contributed by atoms with van der Waals surface area (Å²) in [6.45, 7) is 7.83. The first-order valence-electron chi connectivity index (χ1n) is 10.6. The lowest BCUT2D eigenvalue weighted by atomic mass is 9.96. The fourth-order valence-corrected chi connectivity index (χ4v) is 3.82. The highest BCUT2D eigenvalue weighted by Gasteiger charge is 2.28. The summed E-state index contributed by atoms with van der Waals surface area (Å²) in [6, 6.07) is 7.90. The summed E-state index contributed by atoms with van der Waals surface area (Å²) in [5, 5.41) is 0. The van der Waals surface area contributed by atoms with E-state index in [9.17, 15) is 9.18 Å². The van der Waals surface area contributed by atoms with Crippen LogP contribution in [0.4, 0.5) is 16.2 Å². The second-order valence-electron chi connectivity index (χ2n) is 8.11. The van der Waals surface area contributed by atoms with E-state index in [-0.39, 0.29) is 17.8 Å². The maximum absolute atomic E-state index is 14.4. The molecule has 1 aromatic heterocycles. The Balaban J connectivity index is 1.62. The Morgan fingerprint density at radius 2 is 2.10 bits per heavy atom. The van der Waals surface area contributed by atoms with Crippen molar-refractivity contribution in [2.24, 2.45) is 0 Å². The largest absolute Gasteiger partial charge is 0.489 e. The molecule has 162 valence electrons. The number of ether oxygens (including phenoxy) is 1. The van der Waals surface area contributed by atoms with E-state index in [0.717, 1.165) is 30.7 Å². The third-order valence-electron chi connectivity index (χ3n) is 5.40. The number of halogens is 1. The van der Waals surface area contributed by atoms with Crippen molar-refractivity contribution in [3.05, 3.63) is 41.8 Å². The van der Waals surface area contributed by atoms with Gasteiger partial charge in [-0.05, 0) is 37.0 Å². The van der Waals surface area contributed by atoms with Crippen LogP contribution in [0.3, 0.4) is 0 Å². The van der Waals surface area contributed by atoms with E-state index in [1.54, 1.807) is 6.92 Å². The Morgan fingerprint density at radius 3 is 2.77 bits per heavy atom. The summed E-state index contributed by atoms with van der Waals surface area (Å²) in [5.74, 6) is 1.63. The van der Waals surface area contributed by atoms with Crippen molar-refractivity contribution in [3.8, 4) is 5.75 Å². The Bertz CT molecular complexity index is 859. The highest BCUT2D eigenvalue weighted by Crippen LogP contribution is 2.27. The molecule has 2 heterocycles. The number of Topliss-reactive ketones (excluding diaryl/α,β-unsaturated/α-hetero) is 1. The second-order valence-corrected chi connectivity index (χ2v) is 8.11. The van der Waals surface area contributed by atoms with Crippen LogP contribution in [0.2, 0.25) is 0 Å². The molecule has 3 rings (SSSR count). The minimum absolute atomic E-state index is 0.0309. The zero-order valence-electron chi connectivity index (χ0n) is 18.3. The molecule has 0 spiro atoms. The monoisotopic (exact) mass is 414 g/mol. The predicted molar refractivity (Wildman–Crippen MR) is 117 cm³/mol. The molecule has 2 atom stereocenters. The molecule has 2 aromatic rings. The molecule has 1 fully saturated rings. The van der Waals surface area contributed by atoms with Crippen LogP contribution >= 0.6 is 0 Å². The third-order valence-corrected chi connectivity index (χ3v) is 5.40. The fourth-order valence-electron chi connectivity index (χ4n) is 3.82. The number of hydrogen-bond acceptors (Lipinski definition) is 6. The van der Waals surface area contributed by atoms with Crippen LogP contribution in [0.1, 0.15) is 51.5 Å². The quantitative estimate of drug-likeness (QED) is 0.613. The van der Waals surface area contributed by atoms with E-state index in [0.29, 0.717) is 31.3 Å². The van der Waals surface area contributed by atoms with E-state index in [1.165, 1.54) is 6.20 Å². The molecular weight excluding hydrogens is 383 g/mol. The highest BCUT2D eigenvalue weighted by molar-refractivity contribution is 5.76. The number of benzene rings is 1. The zero-order chi connectivity index (χ0) is 21.7. The van der Waals surface area contributed by atoms with Crippen molar-refractivity contribution in [3.63, 3.8) is 0 Å². The standard InChI is InChI=1S/C23H31FN4O2/c1-5-11-27(4)23-25-14-21(24)22(26-23)28-12-10-20(15-28)30-19-8-6-18(7-9-19)16(2)13-17(3)29/h6-9,14,16,20H,5,10-13,15H2,1-4H3/t16-,20-/m1/s1. The van der Waals surface area contributed by atoms with Crippen molar-refractivity contribution in [2.75, 3.05) is 36.5 Å². The minimum Gasteiger partial charge on any atom is -0.489 e. The van der Waals surface area contributed by atoms with Crippen molar-refractivity contribution in [1.82, 2.24) is 9.97 Å². The van der Waals surface area contributed by atoms with Gasteiger partial charge in [0.1, 0.15) is 17.6 Å². The average Bonchev–Trinajstić information content (AvgIpc) is 3.16. The Kier molecular flexibility index (Phi) is 7.24. The number of anilines is 2. The SMILES string of the molecule is CCCN(C)c1ncc(F)c(N2CC[C@@H](Oc3ccc([C@H](C)CC(C)=O)cc3)C2)n1. The Labute approximate surface area is 178 Å². The molecule has 0 aliphatic carbocycles. The number of rotatable bonds is 9. The predicted octanol–water partition coefficient (Wildman–Crippen LogP) is 4.20. The molecule has 1 aromatic carbocycles. The van der Waals surface area contributed by atoms with Crippen LogP contribution in [0, 0.1) is 5.82 Å². The normalized spacial score (nSPS) is 17.1. The molecule has 0 saturated carbocycles. The molecule has 0 unspecified atom stereocenters. The number of aromatic nitrogens is 2. The van der Waals surface area contributed by atoms with Crippen molar-refractivity contribution in [2.45, 2.75) is 52.1 Å². The summed E-state index contributed by atoms with van der Waals surface area (Å²) in [6.07, 6.45) is 3.53. The van der Waals surface area contributed by atoms with Gasteiger partial charge < -0.3 is 19.3 Å². The van der Waals surface area contributed by atoms with E-state index < -0.39 is 5.82 Å². The number of nitrogens with zero attached hydrogens (tertiary/aromatic N) is 4. The van der Waals surface area contributed by atoms with Crippen LogP contribution < -0.4 is 14.5 Å². The summed E-state index contributed by atoms with van der Waals surface area (Å²) in [7, 11) is 1.91. The van der Waals surface area contributed by atoms with Gasteiger partial charge in [0, 0.05) is 33.0 Å². The van der Waals surface area contributed by atoms with Crippen LogP contribution in [0.5, 0.6) is 5.75 Å². The number of carbonyl (C=O) groups is 1. The van der Waals surface area contributed by atoms with Gasteiger partial charge in [-0.1, -0.05) is 26.0 Å². The van der Waals surface area contributed by atoms with Gasteiger partial charge in [0.25, 0.3) is 0 Å². The molecule has 1 aliphatic rings. The van der Waals surface area contributed by atoms with Gasteiger partial charge in [0.2, 0.25) is 5.95 Å². The first kappa shape index (κ1) is 22.0. The lowest BCUT2D eigenvalue weighted by Crippen LogP contribution is -2.28. The summed E-state index contributed by atoms with van der Waals surface area (Å²) in [4.78, 5) is 23.7. The Morgan fingerprint density at radius 1 is 1.37 bits per heavy atom. The van der Waals surface area contributed by atoms with Gasteiger partial charge in [-0.15, -0.1) is 0 Å². The van der Waals surface area contributed by atoms with Crippen LogP contribution in [0.15, 0.2) is 30.5 Å². The van der Waals surface area contributed by atoms with Gasteiger partial charge in [0.05, 0.1) is 12.7 Å². The first-order chi connectivity index (χ1) is 14.4. The van der Waals surface area contributed by atoms with Crippen molar-refractivity contribution < 1.29 is 13.9 Å².